The summed E-state index contributed by atoms with van der Waals surface area (Å²) >= 11 is 6.01. The predicted molar refractivity (Wildman–Crippen MR) is 93.5 cm³/mol. The average molecular weight is 344 g/mol. The maximum absolute atomic E-state index is 12.4. The standard InChI is InChI=1S/C19H18ClNO3/c1-12-7-8-13(2)16(9-12)21-11-14(10-18(21)22)19(23)24-17-6-4-3-5-15(17)20/h3-9,14H,10-11H2,1-2H3/t14-/m0/s1. The summed E-state index contributed by atoms with van der Waals surface area (Å²) in [6.07, 6.45) is 0.149. The van der Waals surface area contributed by atoms with Crippen LogP contribution in [0.5, 0.6) is 5.75 Å². The molecule has 0 saturated carbocycles. The smallest absolute Gasteiger partial charge is 0.316 e. The number of esters is 1. The van der Waals surface area contributed by atoms with E-state index in [0.29, 0.717) is 17.3 Å². The minimum Gasteiger partial charge on any atom is -0.425 e. The van der Waals surface area contributed by atoms with Gasteiger partial charge in [0.2, 0.25) is 5.91 Å². The Bertz CT molecular complexity index is 803. The Morgan fingerprint density at radius 3 is 2.71 bits per heavy atom. The molecule has 1 amide bonds. The maximum Gasteiger partial charge on any atom is 0.316 e. The number of nitrogens with zero attached hydrogens (tertiary/aromatic N) is 1. The van der Waals surface area contributed by atoms with Crippen molar-refractivity contribution in [2.75, 3.05) is 11.4 Å². The minimum atomic E-state index is -0.492. The molecule has 2 aromatic carbocycles. The number of hydrogen-bond donors (Lipinski definition) is 0. The molecule has 1 heterocycles. The highest BCUT2D eigenvalue weighted by Gasteiger charge is 2.37. The number of amides is 1. The van der Waals surface area contributed by atoms with Crippen LogP contribution in [0, 0.1) is 19.8 Å². The van der Waals surface area contributed by atoms with Gasteiger partial charge in [-0.1, -0.05) is 35.9 Å². The van der Waals surface area contributed by atoms with Gasteiger partial charge in [-0.2, -0.15) is 0 Å². The molecule has 24 heavy (non-hydrogen) atoms. The Balaban J connectivity index is 1.76. The molecule has 0 unspecified atom stereocenters. The van der Waals surface area contributed by atoms with Crippen molar-refractivity contribution in [3.8, 4) is 5.75 Å². The van der Waals surface area contributed by atoms with Crippen LogP contribution < -0.4 is 9.64 Å². The zero-order valence-corrected chi connectivity index (χ0v) is 14.3. The molecule has 0 aliphatic carbocycles. The van der Waals surface area contributed by atoms with Crippen molar-refractivity contribution in [3.63, 3.8) is 0 Å². The van der Waals surface area contributed by atoms with Gasteiger partial charge in [-0.3, -0.25) is 9.59 Å². The fourth-order valence-corrected chi connectivity index (χ4v) is 3.00. The van der Waals surface area contributed by atoms with Crippen molar-refractivity contribution in [2.24, 2.45) is 5.92 Å². The zero-order chi connectivity index (χ0) is 17.3. The number of rotatable bonds is 3. The normalized spacial score (nSPS) is 17.2. The molecule has 5 heteroatoms. The van der Waals surface area contributed by atoms with E-state index in [-0.39, 0.29) is 12.3 Å². The Morgan fingerprint density at radius 1 is 1.21 bits per heavy atom. The number of halogens is 1. The molecule has 0 bridgehead atoms. The van der Waals surface area contributed by atoms with Gasteiger partial charge in [-0.15, -0.1) is 0 Å². The highest BCUT2D eigenvalue weighted by molar-refractivity contribution is 6.32. The van der Waals surface area contributed by atoms with Crippen LogP contribution in [-0.2, 0) is 9.59 Å². The summed E-state index contributed by atoms with van der Waals surface area (Å²) in [5.74, 6) is -0.662. The molecule has 2 aromatic rings. The second kappa shape index (κ2) is 6.65. The third kappa shape index (κ3) is 3.29. The predicted octanol–water partition coefficient (Wildman–Crippen LogP) is 3.92. The number of hydrogen-bond acceptors (Lipinski definition) is 3. The van der Waals surface area contributed by atoms with Crippen LogP contribution in [0.2, 0.25) is 5.02 Å². The third-order valence-corrected chi connectivity index (χ3v) is 4.47. The molecular weight excluding hydrogens is 326 g/mol. The minimum absolute atomic E-state index is 0.0650. The summed E-state index contributed by atoms with van der Waals surface area (Å²) in [7, 11) is 0. The number of ether oxygens (including phenoxy) is 1. The van der Waals surface area contributed by atoms with Crippen molar-refractivity contribution in [2.45, 2.75) is 20.3 Å². The van der Waals surface area contributed by atoms with Gasteiger partial charge in [-0.25, -0.2) is 0 Å². The van der Waals surface area contributed by atoms with Gasteiger partial charge in [0, 0.05) is 18.7 Å². The van der Waals surface area contributed by atoms with Crippen molar-refractivity contribution in [3.05, 3.63) is 58.6 Å². The average Bonchev–Trinajstić information content (AvgIpc) is 2.94. The summed E-state index contributed by atoms with van der Waals surface area (Å²) < 4.78 is 5.37. The van der Waals surface area contributed by atoms with Gasteiger partial charge in [0.1, 0.15) is 5.75 Å². The van der Waals surface area contributed by atoms with E-state index >= 15 is 0 Å². The number of benzene rings is 2. The lowest BCUT2D eigenvalue weighted by atomic mass is 10.1. The molecule has 0 N–H and O–H groups in total. The fraction of sp³-hybridized carbons (Fsp3) is 0.263. The molecule has 1 saturated heterocycles. The van der Waals surface area contributed by atoms with E-state index in [9.17, 15) is 9.59 Å². The fourth-order valence-electron chi connectivity index (χ4n) is 2.83. The molecule has 0 radical (unpaired) electrons. The van der Waals surface area contributed by atoms with E-state index in [4.69, 9.17) is 16.3 Å². The van der Waals surface area contributed by atoms with Gasteiger partial charge in [0.25, 0.3) is 0 Å². The number of carbonyl (C=O) groups excluding carboxylic acids is 2. The van der Waals surface area contributed by atoms with Crippen LogP contribution in [-0.4, -0.2) is 18.4 Å². The molecule has 1 aliphatic heterocycles. The topological polar surface area (TPSA) is 46.6 Å². The van der Waals surface area contributed by atoms with Crippen molar-refractivity contribution in [1.29, 1.82) is 0 Å². The number of para-hydroxylation sites is 1. The first-order valence-corrected chi connectivity index (χ1v) is 8.17. The lowest BCUT2D eigenvalue weighted by molar-refractivity contribution is -0.139. The highest BCUT2D eigenvalue weighted by atomic mass is 35.5. The van der Waals surface area contributed by atoms with Crippen LogP contribution in [0.25, 0.3) is 0 Å². The van der Waals surface area contributed by atoms with Crippen LogP contribution in [0.4, 0.5) is 5.69 Å². The Hall–Kier alpha value is -2.33. The van der Waals surface area contributed by atoms with Gasteiger partial charge in [0.15, 0.2) is 0 Å². The van der Waals surface area contributed by atoms with Crippen LogP contribution in [0.1, 0.15) is 17.5 Å². The molecule has 1 aliphatic rings. The second-order valence-electron chi connectivity index (χ2n) is 6.05. The van der Waals surface area contributed by atoms with Gasteiger partial charge < -0.3 is 9.64 Å². The van der Waals surface area contributed by atoms with E-state index in [1.54, 1.807) is 29.2 Å². The van der Waals surface area contributed by atoms with E-state index in [0.717, 1.165) is 16.8 Å². The van der Waals surface area contributed by atoms with Crippen molar-refractivity contribution < 1.29 is 14.3 Å². The summed E-state index contributed by atoms with van der Waals surface area (Å²) in [6.45, 7) is 4.26. The lowest BCUT2D eigenvalue weighted by Gasteiger charge is -2.19. The van der Waals surface area contributed by atoms with Crippen LogP contribution in [0.3, 0.4) is 0 Å². The van der Waals surface area contributed by atoms with Gasteiger partial charge in [0.05, 0.1) is 10.9 Å². The van der Waals surface area contributed by atoms with E-state index < -0.39 is 11.9 Å². The largest absolute Gasteiger partial charge is 0.425 e. The molecule has 124 valence electrons. The second-order valence-corrected chi connectivity index (χ2v) is 6.45. The van der Waals surface area contributed by atoms with Crippen molar-refractivity contribution >= 4 is 29.2 Å². The van der Waals surface area contributed by atoms with Crippen molar-refractivity contribution in [1.82, 2.24) is 0 Å². The summed E-state index contributed by atoms with van der Waals surface area (Å²) in [5.41, 5.74) is 2.94. The third-order valence-electron chi connectivity index (χ3n) is 4.16. The quantitative estimate of drug-likeness (QED) is 0.627. The van der Waals surface area contributed by atoms with E-state index in [2.05, 4.69) is 0 Å². The SMILES string of the molecule is Cc1ccc(C)c(N2C[C@@H](C(=O)Oc3ccccc3Cl)CC2=O)c1. The highest BCUT2D eigenvalue weighted by Crippen LogP contribution is 2.30. The first-order chi connectivity index (χ1) is 11.5. The van der Waals surface area contributed by atoms with Gasteiger partial charge >= 0.3 is 5.97 Å². The molecule has 0 spiro atoms. The molecule has 1 atom stereocenters. The number of anilines is 1. The molecule has 3 rings (SSSR count). The van der Waals surface area contributed by atoms with E-state index in [1.807, 2.05) is 32.0 Å². The molecular formula is C19H18ClNO3. The first-order valence-electron chi connectivity index (χ1n) is 7.79. The Labute approximate surface area is 146 Å². The monoisotopic (exact) mass is 343 g/mol. The Morgan fingerprint density at radius 2 is 1.96 bits per heavy atom. The number of aryl methyl sites for hydroxylation is 2. The number of carbonyl (C=O) groups is 2. The molecule has 1 fully saturated rings. The Kier molecular flexibility index (Phi) is 4.58. The summed E-state index contributed by atoms with van der Waals surface area (Å²) in [6, 6.07) is 12.8. The van der Waals surface area contributed by atoms with Crippen LogP contribution >= 0.6 is 11.6 Å². The van der Waals surface area contributed by atoms with Gasteiger partial charge in [-0.05, 0) is 43.2 Å². The molecule has 0 aromatic heterocycles. The van der Waals surface area contributed by atoms with E-state index in [1.165, 1.54) is 0 Å². The lowest BCUT2D eigenvalue weighted by Crippen LogP contribution is -2.28. The van der Waals surface area contributed by atoms with Crippen LogP contribution in [0.15, 0.2) is 42.5 Å². The summed E-state index contributed by atoms with van der Waals surface area (Å²) in [5, 5.41) is 0.376. The maximum atomic E-state index is 12.4. The molecule has 4 nitrogen and oxygen atoms in total. The summed E-state index contributed by atoms with van der Waals surface area (Å²) in [4.78, 5) is 26.4. The first kappa shape index (κ1) is 16.5. The zero-order valence-electron chi connectivity index (χ0n) is 13.6.